The fourth-order valence-corrected chi connectivity index (χ4v) is 5.93. The maximum atomic E-state index is 14.5. The Balaban J connectivity index is 1.20. The molecule has 0 atom stereocenters. The van der Waals surface area contributed by atoms with E-state index in [1.807, 2.05) is 54.6 Å². The van der Waals surface area contributed by atoms with Gasteiger partial charge in [0.25, 0.3) is 11.5 Å². The monoisotopic (exact) mass is 681 g/mol. The van der Waals surface area contributed by atoms with Gasteiger partial charge in [-0.1, -0.05) is 60.7 Å². The zero-order chi connectivity index (χ0) is 35.4. The van der Waals surface area contributed by atoms with Gasteiger partial charge >= 0.3 is 0 Å². The van der Waals surface area contributed by atoms with Crippen LogP contribution in [0.2, 0.25) is 0 Å². The Morgan fingerprint density at radius 2 is 1.36 bits per heavy atom. The molecule has 0 saturated carbocycles. The van der Waals surface area contributed by atoms with Gasteiger partial charge in [0, 0.05) is 73.8 Å². The number of ketones is 1. The lowest BCUT2D eigenvalue weighted by atomic mass is 10.0. The van der Waals surface area contributed by atoms with Crippen molar-refractivity contribution in [1.29, 1.82) is 0 Å². The summed E-state index contributed by atoms with van der Waals surface area (Å²) in [6.07, 6.45) is 1.39. The summed E-state index contributed by atoms with van der Waals surface area (Å²) in [5, 5.41) is 11.0. The summed E-state index contributed by atoms with van der Waals surface area (Å²) in [6.45, 7) is 1.07. The molecular formula is C39H31F4N3O4. The predicted molar refractivity (Wildman–Crippen MR) is 182 cm³/mol. The standard InChI is InChI=1S/C39H31F4N3O4/c40-29-20-34(42)31(35(43)21-29)18-25-19-32(38(49)46(23-25)24-28-8-4-5-9-33(28)41)36(47)22-37(48)39(50)45-16-14-44(15-17-45)30-12-10-27(11-13-30)26-6-2-1-3-7-26/h1-13,19-23,47H,14-18,24H2. The molecule has 0 bridgehead atoms. The predicted octanol–water partition coefficient (Wildman–Crippen LogP) is 6.53. The lowest BCUT2D eigenvalue weighted by Gasteiger charge is -2.35. The van der Waals surface area contributed by atoms with Crippen LogP contribution in [0.1, 0.15) is 22.3 Å². The van der Waals surface area contributed by atoms with Crippen LogP contribution in [0.25, 0.3) is 16.9 Å². The first-order chi connectivity index (χ1) is 24.1. The quantitative estimate of drug-likeness (QED) is 0.0829. The molecule has 1 N–H and O–H groups in total. The zero-order valence-electron chi connectivity index (χ0n) is 26.7. The molecule has 0 radical (unpaired) electrons. The van der Waals surface area contributed by atoms with Crippen molar-refractivity contribution >= 4 is 23.1 Å². The number of anilines is 1. The maximum absolute atomic E-state index is 14.5. The number of aromatic nitrogens is 1. The van der Waals surface area contributed by atoms with Crippen molar-refractivity contribution in [2.45, 2.75) is 13.0 Å². The Morgan fingerprint density at radius 1 is 0.740 bits per heavy atom. The number of piperazine rings is 1. The van der Waals surface area contributed by atoms with Gasteiger partial charge in [-0.2, -0.15) is 0 Å². The Morgan fingerprint density at radius 3 is 2.02 bits per heavy atom. The fourth-order valence-electron chi connectivity index (χ4n) is 5.93. The number of halogens is 4. The maximum Gasteiger partial charge on any atom is 0.294 e. The van der Waals surface area contributed by atoms with Crippen LogP contribution in [0.3, 0.4) is 0 Å². The van der Waals surface area contributed by atoms with Gasteiger partial charge in [-0.15, -0.1) is 0 Å². The second-order valence-corrected chi connectivity index (χ2v) is 11.9. The molecule has 6 rings (SSSR count). The summed E-state index contributed by atoms with van der Waals surface area (Å²) in [7, 11) is 0. The van der Waals surface area contributed by atoms with Crippen molar-refractivity contribution in [1.82, 2.24) is 9.47 Å². The lowest BCUT2D eigenvalue weighted by molar-refractivity contribution is -0.142. The average Bonchev–Trinajstić information content (AvgIpc) is 3.12. The molecule has 1 aliphatic rings. The number of carbonyl (C=O) groups is 2. The zero-order valence-corrected chi connectivity index (χ0v) is 26.7. The Labute approximate surface area is 285 Å². The second kappa shape index (κ2) is 14.7. The van der Waals surface area contributed by atoms with Gasteiger partial charge < -0.3 is 19.5 Å². The van der Waals surface area contributed by atoms with Crippen molar-refractivity contribution in [3.8, 4) is 11.1 Å². The molecule has 5 aromatic rings. The molecule has 11 heteroatoms. The van der Waals surface area contributed by atoms with Crippen molar-refractivity contribution < 1.29 is 32.3 Å². The summed E-state index contributed by atoms with van der Waals surface area (Å²) >= 11 is 0. The van der Waals surface area contributed by atoms with E-state index in [1.54, 1.807) is 6.07 Å². The molecule has 4 aromatic carbocycles. The van der Waals surface area contributed by atoms with Crippen LogP contribution in [-0.2, 0) is 22.6 Å². The Bertz CT molecular complexity index is 2120. The molecule has 254 valence electrons. The second-order valence-electron chi connectivity index (χ2n) is 11.9. The van der Waals surface area contributed by atoms with Crippen LogP contribution >= 0.6 is 0 Å². The molecule has 1 saturated heterocycles. The number of hydrogen-bond acceptors (Lipinski definition) is 5. The highest BCUT2D eigenvalue weighted by Crippen LogP contribution is 2.25. The van der Waals surface area contributed by atoms with Crippen LogP contribution in [0.4, 0.5) is 23.2 Å². The number of pyridine rings is 1. The molecule has 2 heterocycles. The molecule has 0 spiro atoms. The van der Waals surface area contributed by atoms with E-state index in [0.29, 0.717) is 31.3 Å². The van der Waals surface area contributed by atoms with E-state index < -0.39 is 63.8 Å². The highest BCUT2D eigenvalue weighted by molar-refractivity contribution is 6.41. The highest BCUT2D eigenvalue weighted by Gasteiger charge is 2.26. The van der Waals surface area contributed by atoms with Gasteiger partial charge in [-0.25, -0.2) is 17.6 Å². The summed E-state index contributed by atoms with van der Waals surface area (Å²) < 4.78 is 58.1. The first-order valence-corrected chi connectivity index (χ1v) is 15.8. The van der Waals surface area contributed by atoms with E-state index in [4.69, 9.17) is 0 Å². The van der Waals surface area contributed by atoms with Gasteiger partial charge in [0.1, 0.15) is 29.0 Å². The van der Waals surface area contributed by atoms with Gasteiger partial charge in [0.05, 0.1) is 12.1 Å². The number of carbonyl (C=O) groups excluding carboxylic acids is 2. The number of rotatable bonds is 9. The van der Waals surface area contributed by atoms with E-state index in [0.717, 1.165) is 27.4 Å². The van der Waals surface area contributed by atoms with Crippen molar-refractivity contribution in [3.05, 3.63) is 165 Å². The molecule has 1 aliphatic heterocycles. The van der Waals surface area contributed by atoms with E-state index in [2.05, 4.69) is 4.90 Å². The van der Waals surface area contributed by atoms with Gasteiger partial charge in [-0.3, -0.25) is 14.4 Å². The molecule has 0 unspecified atom stereocenters. The molecule has 1 aromatic heterocycles. The number of aliphatic hydroxyl groups excluding tert-OH is 1. The van der Waals surface area contributed by atoms with Crippen molar-refractivity contribution in [2.24, 2.45) is 0 Å². The van der Waals surface area contributed by atoms with Crippen molar-refractivity contribution in [2.75, 3.05) is 31.1 Å². The smallest absolute Gasteiger partial charge is 0.294 e. The molecule has 7 nitrogen and oxygen atoms in total. The van der Waals surface area contributed by atoms with Gasteiger partial charge in [0.2, 0.25) is 5.78 Å². The SMILES string of the molecule is O=C(C=C(O)c1cc(Cc2c(F)cc(F)cc2F)cn(Cc2ccccc2F)c1=O)C(=O)N1CCN(c2ccc(-c3ccccc3)cc2)CC1. The molecule has 0 aliphatic carbocycles. The summed E-state index contributed by atoms with van der Waals surface area (Å²) in [5.41, 5.74) is 1.52. The van der Waals surface area contributed by atoms with Gasteiger partial charge in [-0.05, 0) is 41.0 Å². The van der Waals surface area contributed by atoms with Crippen LogP contribution in [0.5, 0.6) is 0 Å². The average molecular weight is 682 g/mol. The molecule has 50 heavy (non-hydrogen) atoms. The summed E-state index contributed by atoms with van der Waals surface area (Å²) in [5.74, 6) is -6.88. The van der Waals surface area contributed by atoms with Crippen LogP contribution in [-0.4, -0.2) is 52.4 Å². The number of nitrogens with zero attached hydrogens (tertiary/aromatic N) is 3. The third-order valence-corrected chi connectivity index (χ3v) is 8.59. The number of hydrogen-bond donors (Lipinski definition) is 1. The van der Waals surface area contributed by atoms with Crippen LogP contribution in [0.15, 0.2) is 114 Å². The number of amides is 1. The molecule has 1 amide bonds. The fraction of sp³-hybridized carbons (Fsp3) is 0.154. The Kier molecular flexibility index (Phi) is 9.94. The topological polar surface area (TPSA) is 82.8 Å². The minimum absolute atomic E-state index is 0.0898. The van der Waals surface area contributed by atoms with E-state index in [9.17, 15) is 37.1 Å². The Hall–Kier alpha value is -5.97. The first kappa shape index (κ1) is 33.9. The normalized spacial score (nSPS) is 13.4. The number of aliphatic hydroxyl groups is 1. The minimum Gasteiger partial charge on any atom is -0.507 e. The molecular weight excluding hydrogens is 650 g/mol. The number of benzene rings is 4. The summed E-state index contributed by atoms with van der Waals surface area (Å²) in [6, 6.07) is 25.8. The third kappa shape index (κ3) is 7.52. The highest BCUT2D eigenvalue weighted by atomic mass is 19.1. The van der Waals surface area contributed by atoms with E-state index in [-0.39, 0.29) is 30.8 Å². The first-order valence-electron chi connectivity index (χ1n) is 15.8. The van der Waals surface area contributed by atoms with Crippen LogP contribution < -0.4 is 10.5 Å². The molecule has 1 fully saturated rings. The van der Waals surface area contributed by atoms with E-state index in [1.165, 1.54) is 29.3 Å². The lowest BCUT2D eigenvalue weighted by Crippen LogP contribution is -2.50. The van der Waals surface area contributed by atoms with Gasteiger partial charge in [0.15, 0.2) is 0 Å². The minimum atomic E-state index is -1.17. The van der Waals surface area contributed by atoms with Crippen molar-refractivity contribution in [3.63, 3.8) is 0 Å². The van der Waals surface area contributed by atoms with Crippen LogP contribution in [0, 0.1) is 23.3 Å². The third-order valence-electron chi connectivity index (χ3n) is 8.59. The van der Waals surface area contributed by atoms with E-state index >= 15 is 0 Å². The summed E-state index contributed by atoms with van der Waals surface area (Å²) in [4.78, 5) is 43.1. The largest absolute Gasteiger partial charge is 0.507 e.